The van der Waals surface area contributed by atoms with Gasteiger partial charge < -0.3 is 11.1 Å². The van der Waals surface area contributed by atoms with Gasteiger partial charge in [0.15, 0.2) is 0 Å². The highest BCUT2D eigenvalue weighted by Gasteiger charge is 2.21. The van der Waals surface area contributed by atoms with Gasteiger partial charge in [0.05, 0.1) is 0 Å². The SMILES string of the molecule is CC(C)CC(=O)Nc1cccc2c1CCC2N. The number of hydrogen-bond acceptors (Lipinski definition) is 2. The minimum absolute atomic E-state index is 0.0915. The van der Waals surface area contributed by atoms with E-state index in [1.807, 2.05) is 26.0 Å². The molecule has 0 radical (unpaired) electrons. The van der Waals surface area contributed by atoms with Crippen LogP contribution in [0.1, 0.15) is 43.9 Å². The van der Waals surface area contributed by atoms with Gasteiger partial charge in [0.25, 0.3) is 0 Å². The lowest BCUT2D eigenvalue weighted by Gasteiger charge is -2.12. The van der Waals surface area contributed by atoms with Gasteiger partial charge in [-0.3, -0.25) is 4.79 Å². The van der Waals surface area contributed by atoms with Crippen LogP contribution in [0, 0.1) is 5.92 Å². The summed E-state index contributed by atoms with van der Waals surface area (Å²) in [5.41, 5.74) is 9.37. The fraction of sp³-hybridized carbons (Fsp3) is 0.500. The lowest BCUT2D eigenvalue weighted by atomic mass is 10.1. The number of nitrogens with one attached hydrogen (secondary N) is 1. The molecule has 3 nitrogen and oxygen atoms in total. The smallest absolute Gasteiger partial charge is 0.224 e. The van der Waals surface area contributed by atoms with Gasteiger partial charge in [0.1, 0.15) is 0 Å². The molecular weight excluding hydrogens is 212 g/mol. The van der Waals surface area contributed by atoms with Crippen molar-refractivity contribution in [2.75, 3.05) is 5.32 Å². The number of fused-ring (bicyclic) bond motifs is 1. The first-order valence-electron chi connectivity index (χ1n) is 6.25. The van der Waals surface area contributed by atoms with E-state index in [1.54, 1.807) is 0 Å². The second-order valence-corrected chi connectivity index (χ2v) is 5.16. The normalized spacial score (nSPS) is 18.2. The second kappa shape index (κ2) is 4.88. The van der Waals surface area contributed by atoms with Gasteiger partial charge in [0.2, 0.25) is 5.91 Å². The van der Waals surface area contributed by atoms with Gasteiger partial charge in [0, 0.05) is 18.2 Å². The Labute approximate surface area is 102 Å². The van der Waals surface area contributed by atoms with Crippen molar-refractivity contribution in [2.45, 2.75) is 39.2 Å². The molecule has 1 aromatic carbocycles. The predicted molar refractivity (Wildman–Crippen MR) is 69.8 cm³/mol. The molecule has 1 aromatic rings. The molecule has 0 spiro atoms. The number of anilines is 1. The molecule has 92 valence electrons. The predicted octanol–water partition coefficient (Wildman–Crippen LogP) is 2.62. The first kappa shape index (κ1) is 12.1. The van der Waals surface area contributed by atoms with Crippen LogP contribution in [-0.4, -0.2) is 5.91 Å². The summed E-state index contributed by atoms with van der Waals surface area (Å²) in [6.07, 6.45) is 2.51. The third-order valence-electron chi connectivity index (χ3n) is 3.18. The van der Waals surface area contributed by atoms with Crippen LogP contribution in [-0.2, 0) is 11.2 Å². The van der Waals surface area contributed by atoms with E-state index in [-0.39, 0.29) is 11.9 Å². The first-order valence-corrected chi connectivity index (χ1v) is 6.25. The molecule has 1 aliphatic rings. The summed E-state index contributed by atoms with van der Waals surface area (Å²) in [5.74, 6) is 0.475. The van der Waals surface area contributed by atoms with E-state index in [4.69, 9.17) is 5.73 Å². The molecule has 2 rings (SSSR count). The van der Waals surface area contributed by atoms with Gasteiger partial charge in [-0.2, -0.15) is 0 Å². The maximum Gasteiger partial charge on any atom is 0.224 e. The van der Waals surface area contributed by atoms with Crippen molar-refractivity contribution < 1.29 is 4.79 Å². The third kappa shape index (κ3) is 2.67. The van der Waals surface area contributed by atoms with Crippen LogP contribution in [0.4, 0.5) is 5.69 Å². The summed E-state index contributed by atoms with van der Waals surface area (Å²) in [4.78, 5) is 11.8. The number of carbonyl (C=O) groups excluding carboxylic acids is 1. The molecule has 3 N–H and O–H groups in total. The monoisotopic (exact) mass is 232 g/mol. The van der Waals surface area contributed by atoms with E-state index in [0.29, 0.717) is 12.3 Å². The van der Waals surface area contributed by atoms with Gasteiger partial charge in [-0.05, 0) is 36.0 Å². The first-order chi connectivity index (χ1) is 8.08. The van der Waals surface area contributed by atoms with Crippen molar-refractivity contribution in [2.24, 2.45) is 11.7 Å². The van der Waals surface area contributed by atoms with Crippen molar-refractivity contribution in [3.05, 3.63) is 29.3 Å². The fourth-order valence-electron chi connectivity index (χ4n) is 2.38. The number of benzene rings is 1. The lowest BCUT2D eigenvalue weighted by Crippen LogP contribution is -2.15. The molecule has 1 amide bonds. The Balaban J connectivity index is 2.15. The zero-order valence-corrected chi connectivity index (χ0v) is 10.5. The Morgan fingerprint density at radius 3 is 3.00 bits per heavy atom. The quantitative estimate of drug-likeness (QED) is 0.841. The number of nitrogens with two attached hydrogens (primary N) is 1. The topological polar surface area (TPSA) is 55.1 Å². The van der Waals surface area contributed by atoms with Crippen LogP contribution in [0.3, 0.4) is 0 Å². The number of amides is 1. The van der Waals surface area contributed by atoms with Crippen molar-refractivity contribution in [3.63, 3.8) is 0 Å². The molecule has 0 saturated carbocycles. The molecule has 3 heteroatoms. The highest BCUT2D eigenvalue weighted by atomic mass is 16.1. The van der Waals surface area contributed by atoms with Crippen LogP contribution in [0.5, 0.6) is 0 Å². The molecule has 17 heavy (non-hydrogen) atoms. The summed E-state index contributed by atoms with van der Waals surface area (Å²) < 4.78 is 0. The van der Waals surface area contributed by atoms with Gasteiger partial charge in [-0.1, -0.05) is 26.0 Å². The highest BCUT2D eigenvalue weighted by Crippen LogP contribution is 2.34. The summed E-state index contributed by atoms with van der Waals surface area (Å²) in [6.45, 7) is 4.09. The van der Waals surface area contributed by atoms with E-state index in [0.717, 1.165) is 18.5 Å². The Kier molecular flexibility index (Phi) is 3.48. The molecular formula is C14H20N2O. The van der Waals surface area contributed by atoms with Gasteiger partial charge in [-0.25, -0.2) is 0 Å². The van der Waals surface area contributed by atoms with Gasteiger partial charge in [-0.15, -0.1) is 0 Å². The minimum atomic E-state index is 0.0915. The molecule has 1 aliphatic carbocycles. The maximum atomic E-state index is 11.8. The molecule has 0 heterocycles. The standard InChI is InChI=1S/C14H20N2O/c1-9(2)8-14(17)16-13-5-3-4-10-11(13)6-7-12(10)15/h3-5,9,12H,6-8,15H2,1-2H3,(H,16,17). The average Bonchev–Trinajstić information content (AvgIpc) is 2.61. The summed E-state index contributed by atoms with van der Waals surface area (Å²) in [7, 11) is 0. The molecule has 1 atom stereocenters. The molecule has 1 unspecified atom stereocenters. The Hall–Kier alpha value is -1.35. The number of rotatable bonds is 3. The van der Waals surface area contributed by atoms with Crippen molar-refractivity contribution in [1.82, 2.24) is 0 Å². The van der Waals surface area contributed by atoms with E-state index in [9.17, 15) is 4.79 Å². The van der Waals surface area contributed by atoms with Crippen LogP contribution >= 0.6 is 0 Å². The Bertz CT molecular complexity index is 426. The summed E-state index contributed by atoms with van der Waals surface area (Å²) >= 11 is 0. The summed E-state index contributed by atoms with van der Waals surface area (Å²) in [5, 5.41) is 3.00. The zero-order valence-electron chi connectivity index (χ0n) is 10.5. The molecule has 0 aromatic heterocycles. The number of hydrogen-bond donors (Lipinski definition) is 2. The van der Waals surface area contributed by atoms with Crippen molar-refractivity contribution in [3.8, 4) is 0 Å². The second-order valence-electron chi connectivity index (χ2n) is 5.16. The number of carbonyl (C=O) groups is 1. The van der Waals surface area contributed by atoms with E-state index in [2.05, 4.69) is 11.4 Å². The molecule has 0 aliphatic heterocycles. The minimum Gasteiger partial charge on any atom is -0.326 e. The van der Waals surface area contributed by atoms with Crippen LogP contribution < -0.4 is 11.1 Å². The van der Waals surface area contributed by atoms with E-state index >= 15 is 0 Å². The van der Waals surface area contributed by atoms with Crippen molar-refractivity contribution in [1.29, 1.82) is 0 Å². The fourth-order valence-corrected chi connectivity index (χ4v) is 2.38. The van der Waals surface area contributed by atoms with Crippen molar-refractivity contribution >= 4 is 11.6 Å². The largest absolute Gasteiger partial charge is 0.326 e. The maximum absolute atomic E-state index is 11.8. The Morgan fingerprint density at radius 2 is 2.29 bits per heavy atom. The molecule has 0 bridgehead atoms. The molecule has 0 fully saturated rings. The summed E-state index contributed by atoms with van der Waals surface area (Å²) in [6, 6.07) is 6.13. The van der Waals surface area contributed by atoms with Crippen LogP contribution in [0.25, 0.3) is 0 Å². The molecule has 0 saturated heterocycles. The average molecular weight is 232 g/mol. The lowest BCUT2D eigenvalue weighted by molar-refractivity contribution is -0.116. The van der Waals surface area contributed by atoms with E-state index < -0.39 is 0 Å². The van der Waals surface area contributed by atoms with Crippen LogP contribution in [0.2, 0.25) is 0 Å². The van der Waals surface area contributed by atoms with Gasteiger partial charge >= 0.3 is 0 Å². The third-order valence-corrected chi connectivity index (χ3v) is 3.18. The zero-order chi connectivity index (χ0) is 12.4. The Morgan fingerprint density at radius 1 is 1.53 bits per heavy atom. The van der Waals surface area contributed by atoms with Crippen LogP contribution in [0.15, 0.2) is 18.2 Å². The highest BCUT2D eigenvalue weighted by molar-refractivity contribution is 5.92. The van der Waals surface area contributed by atoms with E-state index in [1.165, 1.54) is 11.1 Å².